The molecule has 0 radical (unpaired) electrons. The Kier molecular flexibility index (Phi) is 5.12. The maximum atomic E-state index is 12.5. The van der Waals surface area contributed by atoms with Crippen molar-refractivity contribution in [1.82, 2.24) is 25.3 Å². The van der Waals surface area contributed by atoms with Crippen LogP contribution in [-0.4, -0.2) is 46.1 Å². The fraction of sp³-hybridized carbons (Fsp3) is 0.150. The molecule has 0 spiro atoms. The van der Waals surface area contributed by atoms with Crippen LogP contribution >= 0.6 is 0 Å². The zero-order valence-corrected chi connectivity index (χ0v) is 16.5. The number of nitrogen functional groups attached to an aromatic ring is 1. The molecule has 0 fully saturated rings. The Bertz CT molecular complexity index is 1210. The number of benzene rings is 2. The van der Waals surface area contributed by atoms with Gasteiger partial charge in [-0.05, 0) is 40.1 Å². The number of nitrogens with two attached hydrogens (primary N) is 1. The molecule has 4 rings (SSSR count). The summed E-state index contributed by atoms with van der Waals surface area (Å²) in [6.45, 7) is -0.0287. The van der Waals surface area contributed by atoms with Crippen LogP contribution in [0.15, 0.2) is 58.3 Å². The van der Waals surface area contributed by atoms with Crippen LogP contribution in [0, 0.1) is 0 Å². The molecule has 10 heteroatoms. The zero-order valence-electron chi connectivity index (χ0n) is 16.5. The van der Waals surface area contributed by atoms with Gasteiger partial charge < -0.3 is 15.2 Å². The highest BCUT2D eigenvalue weighted by atomic mass is 16.6. The molecule has 10 nitrogen and oxygen atoms in total. The molecular weight excluding hydrogens is 384 g/mol. The Balaban J connectivity index is 1.52. The molecule has 0 aliphatic rings. The van der Waals surface area contributed by atoms with Crippen LogP contribution in [0.2, 0.25) is 0 Å². The van der Waals surface area contributed by atoms with E-state index in [2.05, 4.69) is 30.5 Å². The fourth-order valence-electron chi connectivity index (χ4n) is 2.98. The van der Waals surface area contributed by atoms with Crippen LogP contribution < -0.4 is 16.1 Å². The first-order chi connectivity index (χ1) is 14.5. The third-order valence-electron chi connectivity index (χ3n) is 4.49. The first-order valence-corrected chi connectivity index (χ1v) is 9.16. The van der Waals surface area contributed by atoms with Gasteiger partial charge in [-0.15, -0.1) is 0 Å². The maximum absolute atomic E-state index is 12.5. The summed E-state index contributed by atoms with van der Waals surface area (Å²) in [5.74, 6) is 0.176. The number of anilines is 2. The minimum atomic E-state index is -0.324. The standard InChI is InChI=1S/C20H20N8O2/c1-27(2)14-9-7-13(8-10-14)11-22-24-17(29)12-28-16-6-4-3-5-15(16)23-20(28)18-19(21)26-30-25-18/h3-11H,12H2,1-2H3,(H2,21,26)(H,24,29)/b22-11-. The van der Waals surface area contributed by atoms with Crippen molar-refractivity contribution in [2.45, 2.75) is 6.54 Å². The van der Waals surface area contributed by atoms with E-state index < -0.39 is 0 Å². The largest absolute Gasteiger partial charge is 0.379 e. The van der Waals surface area contributed by atoms with Crippen molar-refractivity contribution in [3.05, 3.63) is 54.1 Å². The van der Waals surface area contributed by atoms with Crippen LogP contribution in [0.5, 0.6) is 0 Å². The van der Waals surface area contributed by atoms with Gasteiger partial charge in [-0.3, -0.25) is 4.79 Å². The van der Waals surface area contributed by atoms with E-state index in [0.29, 0.717) is 11.3 Å². The van der Waals surface area contributed by atoms with Crippen LogP contribution in [0.4, 0.5) is 11.5 Å². The number of amides is 1. The van der Waals surface area contributed by atoms with Gasteiger partial charge in [-0.25, -0.2) is 15.0 Å². The highest BCUT2D eigenvalue weighted by Crippen LogP contribution is 2.26. The molecule has 0 aliphatic carbocycles. The first-order valence-electron chi connectivity index (χ1n) is 9.16. The Morgan fingerprint density at radius 1 is 1.20 bits per heavy atom. The average Bonchev–Trinajstić information content (AvgIpc) is 3.32. The Hall–Kier alpha value is -4.21. The van der Waals surface area contributed by atoms with E-state index in [1.807, 2.05) is 67.5 Å². The number of rotatable bonds is 6. The van der Waals surface area contributed by atoms with Gasteiger partial charge in [0.25, 0.3) is 5.91 Å². The normalized spacial score (nSPS) is 11.3. The molecule has 0 saturated carbocycles. The minimum absolute atomic E-state index is 0.0287. The quantitative estimate of drug-likeness (QED) is 0.371. The van der Waals surface area contributed by atoms with Crippen molar-refractivity contribution in [3.63, 3.8) is 0 Å². The second-order valence-electron chi connectivity index (χ2n) is 6.79. The van der Waals surface area contributed by atoms with Crippen LogP contribution in [0.25, 0.3) is 22.6 Å². The molecule has 30 heavy (non-hydrogen) atoms. The first kappa shape index (κ1) is 19.1. The predicted molar refractivity (Wildman–Crippen MR) is 114 cm³/mol. The lowest BCUT2D eigenvalue weighted by atomic mass is 10.2. The zero-order chi connectivity index (χ0) is 21.1. The number of carbonyl (C=O) groups is 1. The van der Waals surface area contributed by atoms with Gasteiger partial charge >= 0.3 is 0 Å². The van der Waals surface area contributed by atoms with Crippen LogP contribution in [0.3, 0.4) is 0 Å². The predicted octanol–water partition coefficient (Wildman–Crippen LogP) is 1.88. The van der Waals surface area contributed by atoms with Crippen molar-refractivity contribution in [3.8, 4) is 11.5 Å². The monoisotopic (exact) mass is 404 g/mol. The van der Waals surface area contributed by atoms with E-state index >= 15 is 0 Å². The molecule has 4 aromatic rings. The number of carbonyl (C=O) groups excluding carboxylic acids is 1. The molecule has 1 amide bonds. The molecule has 3 N–H and O–H groups in total. The molecule has 2 aromatic heterocycles. The number of para-hydroxylation sites is 2. The Morgan fingerprint density at radius 2 is 1.97 bits per heavy atom. The molecule has 0 atom stereocenters. The van der Waals surface area contributed by atoms with Gasteiger partial charge in [0.2, 0.25) is 0 Å². The molecule has 0 aliphatic heterocycles. The lowest BCUT2D eigenvalue weighted by Crippen LogP contribution is -2.23. The molecule has 0 unspecified atom stereocenters. The maximum Gasteiger partial charge on any atom is 0.260 e. The summed E-state index contributed by atoms with van der Waals surface area (Å²) in [5, 5.41) is 11.4. The highest BCUT2D eigenvalue weighted by molar-refractivity contribution is 5.86. The van der Waals surface area contributed by atoms with Crippen LogP contribution in [0.1, 0.15) is 5.56 Å². The van der Waals surface area contributed by atoms with E-state index in [0.717, 1.165) is 16.8 Å². The van der Waals surface area contributed by atoms with Crippen molar-refractivity contribution in [2.75, 3.05) is 24.7 Å². The number of fused-ring (bicyclic) bond motifs is 1. The summed E-state index contributed by atoms with van der Waals surface area (Å²) in [7, 11) is 3.94. The summed E-state index contributed by atoms with van der Waals surface area (Å²) in [4.78, 5) is 19.0. The second kappa shape index (κ2) is 8.03. The van der Waals surface area contributed by atoms with E-state index in [9.17, 15) is 4.79 Å². The third-order valence-corrected chi connectivity index (χ3v) is 4.49. The van der Waals surface area contributed by atoms with Crippen molar-refractivity contribution < 1.29 is 9.42 Å². The van der Waals surface area contributed by atoms with Gasteiger partial charge in [0.1, 0.15) is 6.54 Å². The molecule has 2 heterocycles. The lowest BCUT2D eigenvalue weighted by molar-refractivity contribution is -0.121. The number of nitrogens with one attached hydrogen (secondary N) is 1. The third kappa shape index (κ3) is 3.83. The number of hydrogen-bond donors (Lipinski definition) is 2. The van der Waals surface area contributed by atoms with E-state index in [4.69, 9.17) is 5.73 Å². The molecule has 0 bridgehead atoms. The van der Waals surface area contributed by atoms with Gasteiger partial charge in [0.15, 0.2) is 17.3 Å². The topological polar surface area (TPSA) is 127 Å². The lowest BCUT2D eigenvalue weighted by Gasteiger charge is -2.11. The number of imidazole rings is 1. The van der Waals surface area contributed by atoms with E-state index in [1.54, 1.807) is 10.8 Å². The van der Waals surface area contributed by atoms with E-state index in [-0.39, 0.29) is 24.0 Å². The number of nitrogens with zero attached hydrogens (tertiary/aromatic N) is 6. The molecule has 152 valence electrons. The van der Waals surface area contributed by atoms with Gasteiger partial charge in [0, 0.05) is 19.8 Å². The van der Waals surface area contributed by atoms with Crippen molar-refractivity contribution in [2.24, 2.45) is 5.10 Å². The SMILES string of the molecule is CN(C)c1ccc(/C=N\NC(=O)Cn2c(-c3nonc3N)nc3ccccc32)cc1. The molecular formula is C20H20N8O2. The highest BCUT2D eigenvalue weighted by Gasteiger charge is 2.20. The summed E-state index contributed by atoms with van der Waals surface area (Å²) in [6.07, 6.45) is 1.59. The van der Waals surface area contributed by atoms with Gasteiger partial charge in [-0.2, -0.15) is 5.10 Å². The Morgan fingerprint density at radius 3 is 2.67 bits per heavy atom. The minimum Gasteiger partial charge on any atom is -0.379 e. The molecule has 2 aromatic carbocycles. The van der Waals surface area contributed by atoms with Crippen molar-refractivity contribution in [1.29, 1.82) is 0 Å². The van der Waals surface area contributed by atoms with Gasteiger partial charge in [0.05, 0.1) is 17.2 Å². The number of hydrogen-bond acceptors (Lipinski definition) is 8. The van der Waals surface area contributed by atoms with Gasteiger partial charge in [-0.1, -0.05) is 24.3 Å². The Labute approximate surface area is 172 Å². The van der Waals surface area contributed by atoms with E-state index in [1.165, 1.54) is 0 Å². The summed E-state index contributed by atoms with van der Waals surface area (Å²) in [5.41, 5.74) is 12.1. The molecule has 0 saturated heterocycles. The smallest absolute Gasteiger partial charge is 0.260 e. The van der Waals surface area contributed by atoms with Crippen LogP contribution in [-0.2, 0) is 11.3 Å². The summed E-state index contributed by atoms with van der Waals surface area (Å²) < 4.78 is 6.38. The summed E-state index contributed by atoms with van der Waals surface area (Å²) >= 11 is 0. The second-order valence-corrected chi connectivity index (χ2v) is 6.79. The number of aromatic nitrogens is 4. The van der Waals surface area contributed by atoms with Crippen molar-refractivity contribution >= 4 is 34.7 Å². The number of hydrazone groups is 1. The summed E-state index contributed by atoms with van der Waals surface area (Å²) in [6, 6.07) is 15.2. The fourth-order valence-corrected chi connectivity index (χ4v) is 2.98. The average molecular weight is 404 g/mol.